The summed E-state index contributed by atoms with van der Waals surface area (Å²) in [5.41, 5.74) is 1.11. The van der Waals surface area contributed by atoms with Crippen molar-refractivity contribution in [1.29, 1.82) is 0 Å². The van der Waals surface area contributed by atoms with Gasteiger partial charge in [-0.15, -0.1) is 0 Å². The molecule has 0 aliphatic rings. The predicted octanol–water partition coefficient (Wildman–Crippen LogP) is 3.48. The number of ketones is 1. The van der Waals surface area contributed by atoms with Gasteiger partial charge in [0.15, 0.2) is 11.5 Å². The van der Waals surface area contributed by atoms with Gasteiger partial charge in [-0.3, -0.25) is 9.89 Å². The largest absolute Gasteiger partial charge is 0.495 e. The van der Waals surface area contributed by atoms with Crippen LogP contribution in [0.1, 0.15) is 16.1 Å². The molecule has 0 saturated heterocycles. The third-order valence-electron chi connectivity index (χ3n) is 4.00. The number of halogens is 1. The highest BCUT2D eigenvalue weighted by Crippen LogP contribution is 2.39. The molecular weight excluding hydrogens is 360 g/mol. The van der Waals surface area contributed by atoms with E-state index in [2.05, 4.69) is 10.2 Å². The number of aromatic nitrogens is 2. The van der Waals surface area contributed by atoms with Crippen LogP contribution in [0.5, 0.6) is 23.0 Å². The Hall–Kier alpha value is -2.93. The van der Waals surface area contributed by atoms with Crippen molar-refractivity contribution in [2.75, 3.05) is 28.4 Å². The average Bonchev–Trinajstić information content (AvgIpc) is 3.11. The van der Waals surface area contributed by atoms with Crippen molar-refractivity contribution in [3.63, 3.8) is 0 Å². The lowest BCUT2D eigenvalue weighted by Gasteiger charge is -2.13. The first-order valence-corrected chi connectivity index (χ1v) is 7.98. The lowest BCUT2D eigenvalue weighted by Crippen LogP contribution is -2.05. The van der Waals surface area contributed by atoms with Crippen molar-refractivity contribution < 1.29 is 23.7 Å². The van der Waals surface area contributed by atoms with E-state index in [9.17, 15) is 4.79 Å². The zero-order chi connectivity index (χ0) is 18.8. The molecule has 1 heterocycles. The second-order valence-electron chi connectivity index (χ2n) is 5.32. The SMILES string of the molecule is COc1cc(C(=O)c2n[nH]c3c(Cl)c(OC)ccc23)cc(OC)c1OC. The Morgan fingerprint density at radius 2 is 1.58 bits per heavy atom. The number of ether oxygens (including phenoxy) is 4. The fourth-order valence-corrected chi connectivity index (χ4v) is 3.00. The minimum absolute atomic E-state index is 0.235. The van der Waals surface area contributed by atoms with Crippen LogP contribution in [0.4, 0.5) is 0 Å². The summed E-state index contributed by atoms with van der Waals surface area (Å²) in [5, 5.41) is 7.88. The van der Waals surface area contributed by atoms with Gasteiger partial charge in [0, 0.05) is 10.9 Å². The molecule has 1 aromatic heterocycles. The molecule has 0 atom stereocenters. The average molecular weight is 377 g/mol. The van der Waals surface area contributed by atoms with Crippen LogP contribution in [0, 0.1) is 0 Å². The zero-order valence-corrected chi connectivity index (χ0v) is 15.4. The molecule has 0 saturated carbocycles. The molecule has 0 aliphatic heterocycles. The summed E-state index contributed by atoms with van der Waals surface area (Å²) < 4.78 is 21.1. The zero-order valence-electron chi connectivity index (χ0n) is 14.7. The highest BCUT2D eigenvalue weighted by Gasteiger charge is 2.22. The van der Waals surface area contributed by atoms with Crippen molar-refractivity contribution >= 4 is 28.3 Å². The number of aromatic amines is 1. The van der Waals surface area contributed by atoms with Crippen molar-refractivity contribution in [2.45, 2.75) is 0 Å². The Morgan fingerprint density at radius 1 is 0.962 bits per heavy atom. The first-order valence-electron chi connectivity index (χ1n) is 7.61. The molecule has 0 amide bonds. The van der Waals surface area contributed by atoms with Crippen LogP contribution in [0.3, 0.4) is 0 Å². The van der Waals surface area contributed by atoms with Gasteiger partial charge in [0.05, 0.1) is 34.0 Å². The minimum atomic E-state index is -0.309. The van der Waals surface area contributed by atoms with E-state index in [0.717, 1.165) is 0 Å². The molecule has 7 nitrogen and oxygen atoms in total. The Balaban J connectivity index is 2.13. The second kappa shape index (κ2) is 7.13. The van der Waals surface area contributed by atoms with Gasteiger partial charge in [-0.05, 0) is 24.3 Å². The standard InChI is InChI=1S/C18H17ClN2O5/c1-23-11-6-5-10-15(14(11)19)20-21-16(10)17(22)9-7-12(24-2)18(26-4)13(8-9)25-3/h5-8H,1-4H3,(H,20,21). The van der Waals surface area contributed by atoms with Gasteiger partial charge in [0.25, 0.3) is 0 Å². The van der Waals surface area contributed by atoms with Gasteiger partial charge in [-0.25, -0.2) is 0 Å². The Morgan fingerprint density at radius 3 is 2.12 bits per heavy atom. The summed E-state index contributed by atoms with van der Waals surface area (Å²) in [6, 6.07) is 6.57. The third kappa shape index (κ3) is 2.80. The predicted molar refractivity (Wildman–Crippen MR) is 97.2 cm³/mol. The smallest absolute Gasteiger partial charge is 0.214 e. The fourth-order valence-electron chi connectivity index (χ4n) is 2.72. The van der Waals surface area contributed by atoms with Gasteiger partial charge < -0.3 is 18.9 Å². The van der Waals surface area contributed by atoms with Gasteiger partial charge in [-0.2, -0.15) is 5.10 Å². The lowest BCUT2D eigenvalue weighted by molar-refractivity contribution is 0.103. The molecule has 0 bridgehead atoms. The van der Waals surface area contributed by atoms with Crippen LogP contribution in [0.2, 0.25) is 5.02 Å². The topological polar surface area (TPSA) is 82.7 Å². The van der Waals surface area contributed by atoms with Crippen LogP contribution < -0.4 is 18.9 Å². The molecule has 0 spiro atoms. The summed E-state index contributed by atoms with van der Waals surface area (Å²) in [6.45, 7) is 0. The Kier molecular flexibility index (Phi) is 4.90. The highest BCUT2D eigenvalue weighted by atomic mass is 35.5. The molecule has 136 valence electrons. The van der Waals surface area contributed by atoms with E-state index in [1.54, 1.807) is 24.3 Å². The van der Waals surface area contributed by atoms with Gasteiger partial charge >= 0.3 is 0 Å². The van der Waals surface area contributed by atoms with Crippen molar-refractivity contribution in [3.8, 4) is 23.0 Å². The maximum Gasteiger partial charge on any atom is 0.214 e. The molecule has 3 aromatic rings. The Labute approximate surface area is 154 Å². The van der Waals surface area contributed by atoms with E-state index < -0.39 is 0 Å². The second-order valence-corrected chi connectivity index (χ2v) is 5.70. The molecule has 1 N–H and O–H groups in total. The third-order valence-corrected chi connectivity index (χ3v) is 4.38. The van der Waals surface area contributed by atoms with Crippen LogP contribution in [-0.4, -0.2) is 44.4 Å². The van der Waals surface area contributed by atoms with Gasteiger partial charge in [-0.1, -0.05) is 11.6 Å². The number of fused-ring (bicyclic) bond motifs is 1. The number of hydrogen-bond acceptors (Lipinski definition) is 6. The molecule has 26 heavy (non-hydrogen) atoms. The molecule has 0 radical (unpaired) electrons. The van der Waals surface area contributed by atoms with E-state index in [1.807, 2.05) is 0 Å². The number of rotatable bonds is 6. The van der Waals surface area contributed by atoms with E-state index in [-0.39, 0.29) is 11.5 Å². The molecular formula is C18H17ClN2O5. The molecule has 2 aromatic carbocycles. The van der Waals surface area contributed by atoms with E-state index in [0.29, 0.717) is 44.5 Å². The minimum Gasteiger partial charge on any atom is -0.495 e. The number of H-pyrrole nitrogens is 1. The van der Waals surface area contributed by atoms with Crippen molar-refractivity contribution in [3.05, 3.63) is 40.5 Å². The summed E-state index contributed by atoms with van der Waals surface area (Å²) in [7, 11) is 5.99. The number of methoxy groups -OCH3 is 4. The molecule has 0 aliphatic carbocycles. The summed E-state index contributed by atoms with van der Waals surface area (Å²) >= 11 is 6.28. The number of nitrogens with one attached hydrogen (secondary N) is 1. The first kappa shape index (κ1) is 17.9. The first-order chi connectivity index (χ1) is 12.5. The van der Waals surface area contributed by atoms with Crippen LogP contribution in [0.25, 0.3) is 10.9 Å². The highest BCUT2D eigenvalue weighted by molar-refractivity contribution is 6.37. The Bertz CT molecular complexity index is 958. The molecule has 8 heteroatoms. The normalized spacial score (nSPS) is 10.7. The van der Waals surface area contributed by atoms with Gasteiger partial charge in [0.1, 0.15) is 16.5 Å². The number of carbonyl (C=O) groups excluding carboxylic acids is 1. The van der Waals surface area contributed by atoms with E-state index >= 15 is 0 Å². The quantitative estimate of drug-likeness (QED) is 0.663. The maximum absolute atomic E-state index is 13.0. The van der Waals surface area contributed by atoms with Crippen LogP contribution in [-0.2, 0) is 0 Å². The summed E-state index contributed by atoms with van der Waals surface area (Å²) in [4.78, 5) is 13.0. The number of benzene rings is 2. The number of nitrogens with zero attached hydrogens (tertiary/aromatic N) is 1. The van der Waals surface area contributed by atoms with E-state index in [1.165, 1.54) is 28.4 Å². The summed E-state index contributed by atoms with van der Waals surface area (Å²) in [6.07, 6.45) is 0. The van der Waals surface area contributed by atoms with Crippen LogP contribution in [0.15, 0.2) is 24.3 Å². The summed E-state index contributed by atoms with van der Waals surface area (Å²) in [5.74, 6) is 1.36. The number of carbonyl (C=O) groups is 1. The molecule has 3 rings (SSSR count). The fraction of sp³-hybridized carbons (Fsp3) is 0.222. The monoisotopic (exact) mass is 376 g/mol. The van der Waals surface area contributed by atoms with Crippen LogP contribution >= 0.6 is 11.6 Å². The molecule has 0 unspecified atom stereocenters. The van der Waals surface area contributed by atoms with E-state index in [4.69, 9.17) is 30.5 Å². The molecule has 0 fully saturated rings. The van der Waals surface area contributed by atoms with Gasteiger partial charge in [0.2, 0.25) is 11.5 Å². The van der Waals surface area contributed by atoms with Crippen molar-refractivity contribution in [2.24, 2.45) is 0 Å². The van der Waals surface area contributed by atoms with Crippen molar-refractivity contribution in [1.82, 2.24) is 10.2 Å². The lowest BCUT2D eigenvalue weighted by atomic mass is 10.0. The number of hydrogen-bond donors (Lipinski definition) is 1. The maximum atomic E-state index is 13.0.